The van der Waals surface area contributed by atoms with Crippen molar-refractivity contribution in [1.82, 2.24) is 14.4 Å². The summed E-state index contributed by atoms with van der Waals surface area (Å²) in [5.41, 5.74) is 1.03. The van der Waals surface area contributed by atoms with E-state index in [0.717, 1.165) is 23.1 Å². The molecule has 0 aliphatic carbocycles. The number of imidazole rings is 1. The van der Waals surface area contributed by atoms with E-state index in [0.29, 0.717) is 25.0 Å². The number of carbonyl (C=O) groups is 1. The molecule has 0 radical (unpaired) electrons. The summed E-state index contributed by atoms with van der Waals surface area (Å²) in [4.78, 5) is 22.8. The molecule has 1 aliphatic heterocycles. The molecule has 34 heavy (non-hydrogen) atoms. The van der Waals surface area contributed by atoms with Crippen LogP contribution in [0.5, 0.6) is 5.75 Å². The van der Waals surface area contributed by atoms with E-state index in [4.69, 9.17) is 4.74 Å². The molecule has 1 N–H and O–H groups in total. The SMILES string of the molecule is Cc1ccc(C(=O)Nc2cncc(C(F)(F)F)c2)cc1OC1CN(c2cnc3ccccn23)C1. The van der Waals surface area contributed by atoms with Crippen LogP contribution in [0, 0.1) is 6.92 Å². The Morgan fingerprint density at radius 1 is 1.12 bits per heavy atom. The Kier molecular flexibility index (Phi) is 5.35. The monoisotopic (exact) mass is 467 g/mol. The molecule has 174 valence electrons. The Hall–Kier alpha value is -4.08. The quantitative estimate of drug-likeness (QED) is 0.465. The molecule has 0 saturated carbocycles. The summed E-state index contributed by atoms with van der Waals surface area (Å²) in [5, 5.41) is 2.47. The van der Waals surface area contributed by atoms with Gasteiger partial charge in [-0.2, -0.15) is 13.2 Å². The highest BCUT2D eigenvalue weighted by atomic mass is 19.4. The van der Waals surface area contributed by atoms with Gasteiger partial charge in [0.1, 0.15) is 23.3 Å². The molecule has 1 saturated heterocycles. The standard InChI is InChI=1S/C24H20F3N5O2/c1-15-5-6-16(23(33)30-18-9-17(10-28-11-18)24(25,26)27)8-20(15)34-19-13-31(14-19)22-12-29-21-4-2-3-7-32(21)22/h2-12,19H,13-14H2,1H3,(H,30,33). The number of carbonyl (C=O) groups excluding carboxylic acids is 1. The van der Waals surface area contributed by atoms with Gasteiger partial charge in [0.15, 0.2) is 0 Å². The highest BCUT2D eigenvalue weighted by Crippen LogP contribution is 2.31. The van der Waals surface area contributed by atoms with Gasteiger partial charge in [0, 0.05) is 18.0 Å². The van der Waals surface area contributed by atoms with E-state index in [1.165, 1.54) is 6.20 Å². The van der Waals surface area contributed by atoms with Crippen molar-refractivity contribution in [2.24, 2.45) is 0 Å². The number of rotatable bonds is 5. The number of ether oxygens (including phenoxy) is 1. The smallest absolute Gasteiger partial charge is 0.417 e. The third-order valence-corrected chi connectivity index (χ3v) is 5.64. The second kappa shape index (κ2) is 8.36. The molecule has 1 aromatic carbocycles. The fourth-order valence-corrected chi connectivity index (χ4v) is 3.77. The molecule has 4 heterocycles. The van der Waals surface area contributed by atoms with Crippen molar-refractivity contribution >= 4 is 23.1 Å². The largest absolute Gasteiger partial charge is 0.486 e. The zero-order chi connectivity index (χ0) is 23.9. The summed E-state index contributed by atoms with van der Waals surface area (Å²) in [6.45, 7) is 3.19. The maximum absolute atomic E-state index is 12.9. The van der Waals surface area contributed by atoms with Crippen molar-refractivity contribution < 1.29 is 22.7 Å². The second-order valence-electron chi connectivity index (χ2n) is 8.08. The predicted molar refractivity (Wildman–Crippen MR) is 120 cm³/mol. The maximum atomic E-state index is 12.9. The van der Waals surface area contributed by atoms with Crippen LogP contribution >= 0.6 is 0 Å². The molecule has 0 unspecified atom stereocenters. The van der Waals surface area contributed by atoms with Gasteiger partial charge in [0.25, 0.3) is 5.91 Å². The van der Waals surface area contributed by atoms with Gasteiger partial charge in [-0.1, -0.05) is 12.1 Å². The number of nitrogens with one attached hydrogen (secondary N) is 1. The number of hydrogen-bond acceptors (Lipinski definition) is 5. The molecule has 7 nitrogen and oxygen atoms in total. The molecule has 4 aromatic rings. The van der Waals surface area contributed by atoms with Crippen molar-refractivity contribution in [2.45, 2.75) is 19.2 Å². The number of alkyl halides is 3. The van der Waals surface area contributed by atoms with E-state index < -0.39 is 17.6 Å². The maximum Gasteiger partial charge on any atom is 0.417 e. The Morgan fingerprint density at radius 3 is 2.74 bits per heavy atom. The van der Waals surface area contributed by atoms with E-state index in [1.807, 2.05) is 41.9 Å². The summed E-state index contributed by atoms with van der Waals surface area (Å²) in [5.74, 6) is 0.986. The van der Waals surface area contributed by atoms with E-state index in [2.05, 4.69) is 20.2 Å². The van der Waals surface area contributed by atoms with Crippen molar-refractivity contribution in [3.63, 3.8) is 0 Å². The van der Waals surface area contributed by atoms with Crippen molar-refractivity contribution in [3.8, 4) is 5.75 Å². The van der Waals surface area contributed by atoms with Crippen LogP contribution in [0.1, 0.15) is 21.5 Å². The van der Waals surface area contributed by atoms with Crippen LogP contribution in [-0.4, -0.2) is 39.5 Å². The van der Waals surface area contributed by atoms with Crippen LogP contribution < -0.4 is 15.0 Å². The van der Waals surface area contributed by atoms with Crippen molar-refractivity contribution in [1.29, 1.82) is 0 Å². The number of hydrogen-bond donors (Lipinski definition) is 1. The lowest BCUT2D eigenvalue weighted by Crippen LogP contribution is -2.54. The number of anilines is 2. The first-order valence-corrected chi connectivity index (χ1v) is 10.6. The topological polar surface area (TPSA) is 71.8 Å². The lowest BCUT2D eigenvalue weighted by Gasteiger charge is -2.40. The van der Waals surface area contributed by atoms with Crippen LogP contribution in [-0.2, 0) is 6.18 Å². The minimum Gasteiger partial charge on any atom is -0.486 e. The lowest BCUT2D eigenvalue weighted by atomic mass is 10.1. The Balaban J connectivity index is 1.25. The highest BCUT2D eigenvalue weighted by molar-refractivity contribution is 6.04. The fraction of sp³-hybridized carbons (Fsp3) is 0.208. The number of fused-ring (bicyclic) bond motifs is 1. The Morgan fingerprint density at radius 2 is 1.94 bits per heavy atom. The van der Waals surface area contributed by atoms with E-state index in [9.17, 15) is 18.0 Å². The highest BCUT2D eigenvalue weighted by Gasteiger charge is 2.32. The number of benzene rings is 1. The molecule has 1 fully saturated rings. The molecular formula is C24H20F3N5O2. The van der Waals surface area contributed by atoms with Gasteiger partial charge in [-0.05, 0) is 42.8 Å². The lowest BCUT2D eigenvalue weighted by molar-refractivity contribution is -0.137. The third kappa shape index (κ3) is 4.26. The Labute approximate surface area is 192 Å². The summed E-state index contributed by atoms with van der Waals surface area (Å²) in [6, 6.07) is 11.6. The molecule has 0 bridgehead atoms. The number of nitrogens with zero attached hydrogens (tertiary/aromatic N) is 4. The normalized spacial score (nSPS) is 14.2. The minimum absolute atomic E-state index is 0.0365. The van der Waals surface area contributed by atoms with Gasteiger partial charge in [-0.25, -0.2) is 4.98 Å². The van der Waals surface area contributed by atoms with E-state index in [1.54, 1.807) is 18.2 Å². The number of amides is 1. The van der Waals surface area contributed by atoms with Crippen LogP contribution in [0.4, 0.5) is 24.7 Å². The summed E-state index contributed by atoms with van der Waals surface area (Å²) in [7, 11) is 0. The number of halogens is 3. The van der Waals surface area contributed by atoms with E-state index >= 15 is 0 Å². The molecule has 0 atom stereocenters. The Bertz CT molecular complexity index is 1360. The van der Waals surface area contributed by atoms with Gasteiger partial charge in [-0.3, -0.25) is 14.2 Å². The number of aryl methyl sites for hydroxylation is 1. The predicted octanol–water partition coefficient (Wildman–Crippen LogP) is 4.58. The number of aromatic nitrogens is 3. The van der Waals surface area contributed by atoms with E-state index in [-0.39, 0.29) is 17.4 Å². The summed E-state index contributed by atoms with van der Waals surface area (Å²) >= 11 is 0. The molecule has 1 amide bonds. The first kappa shape index (κ1) is 21.7. The average molecular weight is 467 g/mol. The second-order valence-corrected chi connectivity index (χ2v) is 8.08. The van der Waals surface area contributed by atoms with Crippen LogP contribution in [0.15, 0.2) is 67.3 Å². The first-order valence-electron chi connectivity index (χ1n) is 10.6. The zero-order valence-electron chi connectivity index (χ0n) is 18.1. The van der Waals surface area contributed by atoms with Gasteiger partial charge in [-0.15, -0.1) is 0 Å². The summed E-state index contributed by atoms with van der Waals surface area (Å²) in [6.07, 6.45) is 1.05. The molecular weight excluding hydrogens is 447 g/mol. The van der Waals surface area contributed by atoms with Crippen molar-refractivity contribution in [3.05, 3.63) is 83.9 Å². The average Bonchev–Trinajstić information content (AvgIpc) is 3.20. The molecule has 3 aromatic heterocycles. The van der Waals surface area contributed by atoms with Gasteiger partial charge >= 0.3 is 6.18 Å². The molecule has 5 rings (SSSR count). The van der Waals surface area contributed by atoms with Crippen LogP contribution in [0.2, 0.25) is 0 Å². The van der Waals surface area contributed by atoms with Gasteiger partial charge < -0.3 is 15.0 Å². The minimum atomic E-state index is -4.54. The molecule has 1 aliphatic rings. The van der Waals surface area contributed by atoms with Crippen LogP contribution in [0.25, 0.3) is 5.65 Å². The fourth-order valence-electron chi connectivity index (χ4n) is 3.77. The van der Waals surface area contributed by atoms with Crippen molar-refractivity contribution in [2.75, 3.05) is 23.3 Å². The zero-order valence-corrected chi connectivity index (χ0v) is 18.1. The molecule has 0 spiro atoms. The molecule has 10 heteroatoms. The first-order chi connectivity index (χ1) is 16.3. The number of pyridine rings is 2. The summed E-state index contributed by atoms with van der Waals surface area (Å²) < 4.78 is 46.8. The van der Waals surface area contributed by atoms with Crippen LogP contribution in [0.3, 0.4) is 0 Å². The van der Waals surface area contributed by atoms with Gasteiger partial charge in [0.05, 0.1) is 36.7 Å². The van der Waals surface area contributed by atoms with Gasteiger partial charge in [0.2, 0.25) is 0 Å². The third-order valence-electron chi connectivity index (χ3n) is 5.64.